The molecule has 2 aliphatic rings. The molecule has 2 atom stereocenters. The molecular weight excluding hydrogens is 272 g/mol. The Kier molecular flexibility index (Phi) is 4.06. The van der Waals surface area contributed by atoms with Crippen molar-refractivity contribution < 1.29 is 13.9 Å². The molecule has 0 saturated carbocycles. The lowest BCUT2D eigenvalue weighted by Crippen LogP contribution is -2.17. The van der Waals surface area contributed by atoms with Gasteiger partial charge in [-0.15, -0.1) is 0 Å². The third kappa shape index (κ3) is 3.00. The summed E-state index contributed by atoms with van der Waals surface area (Å²) in [5.41, 5.74) is 1.65. The number of benzene rings is 1. The van der Waals surface area contributed by atoms with Gasteiger partial charge in [0.25, 0.3) is 0 Å². The van der Waals surface area contributed by atoms with Crippen molar-refractivity contribution in [1.29, 1.82) is 0 Å². The van der Waals surface area contributed by atoms with E-state index < -0.39 is 17.4 Å². The van der Waals surface area contributed by atoms with Gasteiger partial charge in [-0.2, -0.15) is 0 Å². The molecule has 1 aliphatic heterocycles. The lowest BCUT2D eigenvalue weighted by atomic mass is 9.82. The van der Waals surface area contributed by atoms with Crippen molar-refractivity contribution in [2.45, 2.75) is 19.3 Å². The zero-order valence-corrected chi connectivity index (χ0v) is 11.8. The Labute approximate surface area is 123 Å². The monoisotopic (exact) mass is 291 g/mol. The molecule has 0 radical (unpaired) electrons. The maximum absolute atomic E-state index is 13.4. The summed E-state index contributed by atoms with van der Waals surface area (Å²) >= 11 is 0. The van der Waals surface area contributed by atoms with E-state index in [9.17, 15) is 13.9 Å². The van der Waals surface area contributed by atoms with Crippen LogP contribution < -0.4 is 5.32 Å². The summed E-state index contributed by atoms with van der Waals surface area (Å²) in [4.78, 5) is 0. The normalized spacial score (nSPS) is 25.1. The largest absolute Gasteiger partial charge is 0.505 e. The van der Waals surface area contributed by atoms with Gasteiger partial charge in [0, 0.05) is 24.1 Å². The maximum atomic E-state index is 13.4. The van der Waals surface area contributed by atoms with Crippen LogP contribution in [-0.2, 0) is 6.42 Å². The van der Waals surface area contributed by atoms with E-state index in [1.807, 2.05) is 0 Å². The number of phenols is 1. The summed E-state index contributed by atoms with van der Waals surface area (Å²) in [5.74, 6) is -1.36. The van der Waals surface area contributed by atoms with E-state index in [2.05, 4.69) is 23.5 Å². The number of aromatic hydroxyl groups is 1. The van der Waals surface area contributed by atoms with Gasteiger partial charge in [-0.3, -0.25) is 0 Å². The van der Waals surface area contributed by atoms with Gasteiger partial charge in [0.15, 0.2) is 11.6 Å². The van der Waals surface area contributed by atoms with Crippen LogP contribution in [0.25, 0.3) is 0 Å². The Morgan fingerprint density at radius 3 is 2.81 bits per heavy atom. The van der Waals surface area contributed by atoms with Crippen molar-refractivity contribution in [3.05, 3.63) is 53.1 Å². The third-order valence-corrected chi connectivity index (χ3v) is 4.38. The number of hydrogen-bond acceptors (Lipinski definition) is 2. The molecular formula is C17H19F2NO. The quantitative estimate of drug-likeness (QED) is 0.895. The Hall–Kier alpha value is -1.68. The SMILES string of the molecule is Oc1c(F)cc(F)cc1C[C@H]1CNC[C@@H]1C1=CCCC=C1. The molecule has 0 bridgehead atoms. The first kappa shape index (κ1) is 14.3. The van der Waals surface area contributed by atoms with Crippen LogP contribution in [0.3, 0.4) is 0 Å². The Morgan fingerprint density at radius 2 is 2.05 bits per heavy atom. The van der Waals surface area contributed by atoms with E-state index in [1.165, 1.54) is 11.6 Å². The van der Waals surface area contributed by atoms with Crippen LogP contribution in [0.5, 0.6) is 5.75 Å². The maximum Gasteiger partial charge on any atom is 0.168 e. The second kappa shape index (κ2) is 5.98. The van der Waals surface area contributed by atoms with Crippen molar-refractivity contribution in [3.63, 3.8) is 0 Å². The number of halogens is 2. The van der Waals surface area contributed by atoms with Gasteiger partial charge in [0.1, 0.15) is 5.82 Å². The molecule has 0 spiro atoms. The molecule has 0 amide bonds. The highest BCUT2D eigenvalue weighted by Crippen LogP contribution is 2.33. The zero-order valence-electron chi connectivity index (χ0n) is 11.8. The van der Waals surface area contributed by atoms with E-state index in [-0.39, 0.29) is 5.92 Å². The highest BCUT2D eigenvalue weighted by Gasteiger charge is 2.30. The number of phenolic OH excluding ortho intramolecular Hbond substituents is 1. The van der Waals surface area contributed by atoms with Crippen molar-refractivity contribution in [2.75, 3.05) is 13.1 Å². The molecule has 1 saturated heterocycles. The van der Waals surface area contributed by atoms with Crippen LogP contribution in [0.4, 0.5) is 8.78 Å². The smallest absolute Gasteiger partial charge is 0.168 e. The molecule has 2 N–H and O–H groups in total. The lowest BCUT2D eigenvalue weighted by molar-refractivity contribution is 0.406. The van der Waals surface area contributed by atoms with Crippen molar-refractivity contribution in [2.24, 2.45) is 11.8 Å². The molecule has 4 heteroatoms. The fourth-order valence-corrected chi connectivity index (χ4v) is 3.30. The lowest BCUT2D eigenvalue weighted by Gasteiger charge is -2.22. The molecule has 1 heterocycles. The molecule has 1 fully saturated rings. The minimum absolute atomic E-state index is 0.242. The van der Waals surface area contributed by atoms with E-state index in [1.54, 1.807) is 0 Å². The van der Waals surface area contributed by atoms with E-state index in [4.69, 9.17) is 0 Å². The first-order valence-electron chi connectivity index (χ1n) is 7.39. The van der Waals surface area contributed by atoms with E-state index >= 15 is 0 Å². The first-order valence-corrected chi connectivity index (χ1v) is 7.39. The summed E-state index contributed by atoms with van der Waals surface area (Å²) in [6, 6.07) is 1.95. The number of hydrogen-bond donors (Lipinski definition) is 2. The van der Waals surface area contributed by atoms with Crippen molar-refractivity contribution in [1.82, 2.24) is 5.32 Å². The minimum atomic E-state index is -0.885. The predicted molar refractivity (Wildman–Crippen MR) is 78.0 cm³/mol. The average molecular weight is 291 g/mol. The molecule has 1 aromatic carbocycles. The summed E-state index contributed by atoms with van der Waals surface area (Å²) < 4.78 is 26.8. The minimum Gasteiger partial charge on any atom is -0.505 e. The highest BCUT2D eigenvalue weighted by atomic mass is 19.1. The zero-order chi connectivity index (χ0) is 14.8. The topological polar surface area (TPSA) is 32.3 Å². The van der Waals surface area contributed by atoms with Crippen LogP contribution in [0.15, 0.2) is 35.9 Å². The molecule has 3 rings (SSSR count). The van der Waals surface area contributed by atoms with Crippen LogP contribution in [0, 0.1) is 23.5 Å². The molecule has 0 aromatic heterocycles. The fraction of sp³-hybridized carbons (Fsp3) is 0.412. The van der Waals surface area contributed by atoms with Crippen molar-refractivity contribution >= 4 is 0 Å². The van der Waals surface area contributed by atoms with Crippen LogP contribution in [-0.4, -0.2) is 18.2 Å². The molecule has 0 unspecified atom stereocenters. The molecule has 2 nitrogen and oxygen atoms in total. The van der Waals surface area contributed by atoms with Gasteiger partial charge in [0.05, 0.1) is 0 Å². The Bertz CT molecular complexity index is 595. The highest BCUT2D eigenvalue weighted by molar-refractivity contribution is 5.36. The van der Waals surface area contributed by atoms with Gasteiger partial charge in [-0.25, -0.2) is 8.78 Å². The van der Waals surface area contributed by atoms with Crippen molar-refractivity contribution in [3.8, 4) is 5.75 Å². The number of allylic oxidation sites excluding steroid dienone is 3. The third-order valence-electron chi connectivity index (χ3n) is 4.38. The van der Waals surface area contributed by atoms with Crippen LogP contribution in [0.2, 0.25) is 0 Å². The number of nitrogens with one attached hydrogen (secondary N) is 1. The average Bonchev–Trinajstić information content (AvgIpc) is 2.93. The summed E-state index contributed by atoms with van der Waals surface area (Å²) in [6.45, 7) is 1.67. The van der Waals surface area contributed by atoms with Gasteiger partial charge < -0.3 is 10.4 Å². The molecule has 21 heavy (non-hydrogen) atoms. The second-order valence-electron chi connectivity index (χ2n) is 5.81. The van der Waals surface area contributed by atoms with Gasteiger partial charge >= 0.3 is 0 Å². The van der Waals surface area contributed by atoms with Crippen LogP contribution in [0.1, 0.15) is 18.4 Å². The Morgan fingerprint density at radius 1 is 1.19 bits per heavy atom. The summed E-state index contributed by atoms with van der Waals surface area (Å²) in [7, 11) is 0. The molecule has 1 aromatic rings. The van der Waals surface area contributed by atoms with Gasteiger partial charge in [-0.05, 0) is 43.4 Å². The van der Waals surface area contributed by atoms with Gasteiger partial charge in [0.2, 0.25) is 0 Å². The second-order valence-corrected chi connectivity index (χ2v) is 5.81. The number of rotatable bonds is 3. The summed E-state index contributed by atoms with van der Waals surface area (Å²) in [6.07, 6.45) is 9.17. The van der Waals surface area contributed by atoms with Gasteiger partial charge in [-0.1, -0.05) is 18.2 Å². The van der Waals surface area contributed by atoms with E-state index in [0.717, 1.165) is 32.0 Å². The predicted octanol–water partition coefficient (Wildman–Crippen LogP) is 3.32. The van der Waals surface area contributed by atoms with E-state index in [0.29, 0.717) is 17.9 Å². The fourth-order valence-electron chi connectivity index (χ4n) is 3.30. The first-order chi connectivity index (χ1) is 10.1. The Balaban J connectivity index is 1.81. The molecule has 112 valence electrons. The molecule has 1 aliphatic carbocycles. The van der Waals surface area contributed by atoms with Crippen LogP contribution >= 0.6 is 0 Å². The standard InChI is InChI=1S/C17H19F2NO/c18-14-7-12(17(21)16(19)8-14)6-13-9-20-10-15(13)11-4-2-1-3-5-11/h2,4-5,7-8,13,15,20-21H,1,3,6,9-10H2/t13-,15+/m0/s1. The summed E-state index contributed by atoms with van der Waals surface area (Å²) in [5, 5.41) is 13.1.